The van der Waals surface area contributed by atoms with Gasteiger partial charge >= 0.3 is 5.76 Å². The molecule has 2 aromatic carbocycles. The second-order valence-corrected chi connectivity index (χ2v) is 5.79. The molecule has 1 heterocycles. The van der Waals surface area contributed by atoms with Gasteiger partial charge in [-0.3, -0.25) is 4.57 Å². The molecule has 3 aromatic rings. The fraction of sp³-hybridized carbons (Fsp3) is 0.133. The smallest absolute Gasteiger partial charge is 0.420 e. The van der Waals surface area contributed by atoms with Crippen LogP contribution in [0.4, 0.5) is 0 Å². The number of oxazole rings is 1. The number of fused-ring (bicyclic) bond motifs is 1. The van der Waals surface area contributed by atoms with E-state index in [1.54, 1.807) is 18.2 Å². The largest absolute Gasteiger partial charge is 0.492 e. The average molecular weight is 369 g/mol. The minimum Gasteiger partial charge on any atom is -0.492 e. The number of hydrogen-bond donors (Lipinski definition) is 0. The molecule has 1 aromatic heterocycles. The quantitative estimate of drug-likeness (QED) is 0.697. The number of nitrogens with zero attached hydrogens (tertiary/aromatic N) is 1. The minimum atomic E-state index is -0.410. The van der Waals surface area contributed by atoms with E-state index in [4.69, 9.17) is 20.8 Å². The number of benzene rings is 2. The number of rotatable bonds is 4. The summed E-state index contributed by atoms with van der Waals surface area (Å²) in [4.78, 5) is 11.8. The molecule has 0 N–H and O–H groups in total. The Labute approximate surface area is 134 Å². The van der Waals surface area contributed by atoms with Crippen LogP contribution in [0.25, 0.3) is 11.1 Å². The molecule has 0 atom stereocenters. The molecule has 0 saturated carbocycles. The molecule has 0 saturated heterocycles. The Hall–Kier alpha value is -1.72. The fourth-order valence-corrected chi connectivity index (χ4v) is 2.46. The zero-order chi connectivity index (χ0) is 14.8. The SMILES string of the molecule is O=c1oc2cc(Cl)ccc2n1CCOc1ccc(Br)cc1. The van der Waals surface area contributed by atoms with E-state index < -0.39 is 5.76 Å². The Bertz CT molecular complexity index is 823. The lowest BCUT2D eigenvalue weighted by Crippen LogP contribution is -2.18. The summed E-state index contributed by atoms with van der Waals surface area (Å²) in [7, 11) is 0. The summed E-state index contributed by atoms with van der Waals surface area (Å²) in [5, 5.41) is 0.537. The van der Waals surface area contributed by atoms with E-state index in [1.807, 2.05) is 24.3 Å². The van der Waals surface area contributed by atoms with Gasteiger partial charge in [0.25, 0.3) is 0 Å². The van der Waals surface area contributed by atoms with Gasteiger partial charge in [-0.2, -0.15) is 0 Å². The Kier molecular flexibility index (Phi) is 4.03. The first-order valence-electron chi connectivity index (χ1n) is 6.31. The van der Waals surface area contributed by atoms with Crippen LogP contribution in [0.15, 0.2) is 56.1 Å². The summed E-state index contributed by atoms with van der Waals surface area (Å²) in [5.74, 6) is 0.341. The maximum Gasteiger partial charge on any atom is 0.420 e. The molecule has 6 heteroatoms. The Balaban J connectivity index is 1.75. The first-order chi connectivity index (χ1) is 10.1. The summed E-state index contributed by atoms with van der Waals surface area (Å²) in [6.45, 7) is 0.780. The summed E-state index contributed by atoms with van der Waals surface area (Å²) in [6, 6.07) is 12.6. The highest BCUT2D eigenvalue weighted by atomic mass is 79.9. The minimum absolute atomic E-state index is 0.374. The van der Waals surface area contributed by atoms with Gasteiger partial charge in [-0.1, -0.05) is 27.5 Å². The number of ether oxygens (including phenoxy) is 1. The van der Waals surface area contributed by atoms with Gasteiger partial charge in [-0.15, -0.1) is 0 Å². The molecule has 4 nitrogen and oxygen atoms in total. The van der Waals surface area contributed by atoms with Crippen LogP contribution in [0.2, 0.25) is 5.02 Å². The van der Waals surface area contributed by atoms with Gasteiger partial charge < -0.3 is 9.15 Å². The van der Waals surface area contributed by atoms with Crippen LogP contribution in [0.1, 0.15) is 0 Å². The van der Waals surface area contributed by atoms with Crippen LogP contribution >= 0.6 is 27.5 Å². The van der Waals surface area contributed by atoms with Crippen molar-refractivity contribution in [1.82, 2.24) is 4.57 Å². The van der Waals surface area contributed by atoms with Crippen LogP contribution in [-0.2, 0) is 6.54 Å². The molecule has 0 amide bonds. The highest BCUT2D eigenvalue weighted by Gasteiger charge is 2.09. The normalized spacial score (nSPS) is 11.0. The van der Waals surface area contributed by atoms with E-state index in [0.29, 0.717) is 29.3 Å². The lowest BCUT2D eigenvalue weighted by atomic mass is 10.3. The van der Waals surface area contributed by atoms with Gasteiger partial charge in [0.1, 0.15) is 12.4 Å². The number of hydrogen-bond acceptors (Lipinski definition) is 3. The lowest BCUT2D eigenvalue weighted by molar-refractivity contribution is 0.294. The molecule has 0 radical (unpaired) electrons. The third-order valence-corrected chi connectivity index (χ3v) is 3.79. The molecule has 0 unspecified atom stereocenters. The molecule has 0 bridgehead atoms. The molecule has 0 spiro atoms. The predicted molar refractivity (Wildman–Crippen MR) is 85.1 cm³/mol. The Morgan fingerprint density at radius 2 is 1.95 bits per heavy atom. The van der Waals surface area contributed by atoms with Crippen LogP contribution in [0, 0.1) is 0 Å². The van der Waals surface area contributed by atoms with E-state index >= 15 is 0 Å². The van der Waals surface area contributed by atoms with Gasteiger partial charge in [-0.05, 0) is 36.4 Å². The second-order valence-electron chi connectivity index (χ2n) is 4.43. The Morgan fingerprint density at radius 1 is 1.19 bits per heavy atom. The van der Waals surface area contributed by atoms with Crippen molar-refractivity contribution in [2.24, 2.45) is 0 Å². The maximum absolute atomic E-state index is 11.8. The predicted octanol–water partition coefficient (Wildman–Crippen LogP) is 4.09. The first kappa shape index (κ1) is 14.2. The highest BCUT2D eigenvalue weighted by Crippen LogP contribution is 2.19. The highest BCUT2D eigenvalue weighted by molar-refractivity contribution is 9.10. The molecular formula is C15H11BrClNO3. The molecule has 0 aliphatic carbocycles. The zero-order valence-electron chi connectivity index (χ0n) is 10.9. The van der Waals surface area contributed by atoms with Gasteiger partial charge in [-0.25, -0.2) is 4.79 Å². The molecule has 21 heavy (non-hydrogen) atoms. The van der Waals surface area contributed by atoms with Crippen molar-refractivity contribution in [2.45, 2.75) is 6.54 Å². The van der Waals surface area contributed by atoms with E-state index in [0.717, 1.165) is 10.2 Å². The fourth-order valence-electron chi connectivity index (χ4n) is 2.04. The second kappa shape index (κ2) is 5.95. The van der Waals surface area contributed by atoms with Crippen LogP contribution in [0.3, 0.4) is 0 Å². The van der Waals surface area contributed by atoms with E-state index in [-0.39, 0.29) is 0 Å². The van der Waals surface area contributed by atoms with Crippen molar-refractivity contribution in [1.29, 1.82) is 0 Å². The van der Waals surface area contributed by atoms with Crippen molar-refractivity contribution < 1.29 is 9.15 Å². The third-order valence-electron chi connectivity index (χ3n) is 3.03. The third kappa shape index (κ3) is 3.14. The summed E-state index contributed by atoms with van der Waals surface area (Å²) in [5.41, 5.74) is 1.19. The van der Waals surface area contributed by atoms with E-state index in [1.165, 1.54) is 4.57 Å². The summed E-state index contributed by atoms with van der Waals surface area (Å²) < 4.78 is 13.3. The molecular weight excluding hydrogens is 358 g/mol. The van der Waals surface area contributed by atoms with Crippen molar-refractivity contribution in [3.8, 4) is 5.75 Å². The van der Waals surface area contributed by atoms with Crippen molar-refractivity contribution in [3.05, 3.63) is 62.5 Å². The summed E-state index contributed by atoms with van der Waals surface area (Å²) >= 11 is 9.24. The summed E-state index contributed by atoms with van der Waals surface area (Å²) in [6.07, 6.45) is 0. The Morgan fingerprint density at radius 3 is 2.71 bits per heavy atom. The molecule has 108 valence electrons. The first-order valence-corrected chi connectivity index (χ1v) is 7.48. The van der Waals surface area contributed by atoms with Gasteiger partial charge in [0, 0.05) is 15.6 Å². The molecule has 0 fully saturated rings. The maximum atomic E-state index is 11.8. The van der Waals surface area contributed by atoms with Crippen LogP contribution in [-0.4, -0.2) is 11.2 Å². The van der Waals surface area contributed by atoms with Gasteiger partial charge in [0.2, 0.25) is 0 Å². The number of halogens is 2. The van der Waals surface area contributed by atoms with Crippen LogP contribution < -0.4 is 10.5 Å². The molecule has 3 rings (SSSR count). The average Bonchev–Trinajstić information content (AvgIpc) is 2.76. The van der Waals surface area contributed by atoms with Gasteiger partial charge in [0.05, 0.1) is 12.1 Å². The van der Waals surface area contributed by atoms with Crippen LogP contribution in [0.5, 0.6) is 5.75 Å². The van der Waals surface area contributed by atoms with Gasteiger partial charge in [0.15, 0.2) is 5.58 Å². The molecule has 0 aliphatic heterocycles. The topological polar surface area (TPSA) is 44.4 Å². The van der Waals surface area contributed by atoms with Crippen molar-refractivity contribution >= 4 is 38.6 Å². The monoisotopic (exact) mass is 367 g/mol. The van der Waals surface area contributed by atoms with Crippen molar-refractivity contribution in [3.63, 3.8) is 0 Å². The van der Waals surface area contributed by atoms with Crippen molar-refractivity contribution in [2.75, 3.05) is 6.61 Å². The number of aromatic nitrogens is 1. The standard InChI is InChI=1S/C15H11BrClNO3/c16-10-1-4-12(5-2-10)20-8-7-18-13-6-3-11(17)9-14(13)21-15(18)19/h1-6,9H,7-8H2. The molecule has 0 aliphatic rings. The van der Waals surface area contributed by atoms with E-state index in [2.05, 4.69) is 15.9 Å². The zero-order valence-corrected chi connectivity index (χ0v) is 13.2. The van der Waals surface area contributed by atoms with E-state index in [9.17, 15) is 4.79 Å². The lowest BCUT2D eigenvalue weighted by Gasteiger charge is -2.06.